The molecule has 1 aromatic carbocycles. The Morgan fingerprint density at radius 1 is 1.26 bits per heavy atom. The summed E-state index contributed by atoms with van der Waals surface area (Å²) < 4.78 is 42.9. The van der Waals surface area contributed by atoms with E-state index in [0.717, 1.165) is 0 Å². The summed E-state index contributed by atoms with van der Waals surface area (Å²) in [5.74, 6) is -5.76. The maximum atomic E-state index is 12.7. The van der Waals surface area contributed by atoms with E-state index in [0.29, 0.717) is 0 Å². The number of ketones is 1. The van der Waals surface area contributed by atoms with E-state index in [2.05, 4.69) is 0 Å². The quantitative estimate of drug-likeness (QED) is 0.483. The van der Waals surface area contributed by atoms with Gasteiger partial charge >= 0.3 is 17.8 Å². The lowest BCUT2D eigenvalue weighted by molar-refractivity contribution is -0.423. The highest BCUT2D eigenvalue weighted by atomic mass is 19.4. The second kappa shape index (κ2) is 6.19. The Hall–Kier alpha value is -2.71. The smallest absolute Gasteiger partial charge is 0.399 e. The van der Waals surface area contributed by atoms with Gasteiger partial charge in [0.2, 0.25) is 5.78 Å². The highest BCUT2D eigenvalue weighted by Gasteiger charge is 2.52. The van der Waals surface area contributed by atoms with Crippen LogP contribution in [0.1, 0.15) is 23.2 Å². The summed E-state index contributed by atoms with van der Waals surface area (Å²) in [5, 5.41) is 10.9. The molecule has 23 heavy (non-hydrogen) atoms. The predicted octanol–water partition coefficient (Wildman–Crippen LogP) is 2.87. The molecule has 1 aliphatic rings. The lowest BCUT2D eigenvalue weighted by Gasteiger charge is -2.22. The highest BCUT2D eigenvalue weighted by molar-refractivity contribution is 5.98. The van der Waals surface area contributed by atoms with Crippen LogP contribution in [-0.2, 0) is 9.53 Å². The fourth-order valence-corrected chi connectivity index (χ4v) is 2.18. The van der Waals surface area contributed by atoms with E-state index in [9.17, 15) is 32.9 Å². The number of carbonyl (C=O) groups excluding carboxylic acids is 2. The van der Waals surface area contributed by atoms with Gasteiger partial charge in [0.15, 0.2) is 5.76 Å². The van der Waals surface area contributed by atoms with Gasteiger partial charge in [-0.05, 0) is 18.6 Å². The zero-order valence-corrected chi connectivity index (χ0v) is 11.5. The zero-order valence-electron chi connectivity index (χ0n) is 11.5. The average molecular weight is 329 g/mol. The third kappa shape index (κ3) is 3.55. The fourth-order valence-electron chi connectivity index (χ4n) is 2.18. The van der Waals surface area contributed by atoms with Crippen molar-refractivity contribution >= 4 is 11.8 Å². The first kappa shape index (κ1) is 16.7. The standard InChI is InChI=1S/C14H10F3NO5/c15-14(16,17)9-6-7-10(11(12(9)19)18(21)22)23-13(20)8-4-2-1-3-5-8/h1-5,9H,6-7H2. The molecule has 0 saturated carbocycles. The van der Waals surface area contributed by atoms with E-state index < -0.39 is 53.1 Å². The molecule has 0 heterocycles. The van der Waals surface area contributed by atoms with E-state index >= 15 is 0 Å². The molecular formula is C14H10F3NO5. The minimum Gasteiger partial charge on any atom is -0.420 e. The first-order valence-corrected chi connectivity index (χ1v) is 6.47. The molecule has 0 fully saturated rings. The topological polar surface area (TPSA) is 86.5 Å². The Balaban J connectivity index is 2.32. The molecule has 0 radical (unpaired) electrons. The van der Waals surface area contributed by atoms with Gasteiger partial charge in [-0.15, -0.1) is 0 Å². The number of rotatable bonds is 3. The third-order valence-corrected chi connectivity index (χ3v) is 3.28. The van der Waals surface area contributed by atoms with Crippen molar-refractivity contribution in [3.63, 3.8) is 0 Å². The van der Waals surface area contributed by atoms with Crippen molar-refractivity contribution < 1.29 is 32.4 Å². The molecule has 0 amide bonds. The van der Waals surface area contributed by atoms with Crippen molar-refractivity contribution in [3.05, 3.63) is 57.5 Å². The van der Waals surface area contributed by atoms with Crippen LogP contribution in [0.3, 0.4) is 0 Å². The maximum absolute atomic E-state index is 12.7. The molecule has 1 aliphatic carbocycles. The van der Waals surface area contributed by atoms with Crippen LogP contribution in [0.4, 0.5) is 13.2 Å². The first-order chi connectivity index (χ1) is 10.7. The molecular weight excluding hydrogens is 319 g/mol. The van der Waals surface area contributed by atoms with Crippen LogP contribution in [0.2, 0.25) is 0 Å². The summed E-state index contributed by atoms with van der Waals surface area (Å²) in [6, 6.07) is 7.41. The molecule has 0 aliphatic heterocycles. The van der Waals surface area contributed by atoms with Crippen molar-refractivity contribution in [2.45, 2.75) is 19.0 Å². The lowest BCUT2D eigenvalue weighted by atomic mass is 9.89. The van der Waals surface area contributed by atoms with Gasteiger partial charge in [-0.25, -0.2) is 4.79 Å². The van der Waals surface area contributed by atoms with E-state index in [1.807, 2.05) is 0 Å². The number of nitrogens with zero attached hydrogens (tertiary/aromatic N) is 1. The lowest BCUT2D eigenvalue weighted by Crippen LogP contribution is -2.37. The monoisotopic (exact) mass is 329 g/mol. The Bertz CT molecular complexity index is 681. The minimum absolute atomic E-state index is 0.0630. The predicted molar refractivity (Wildman–Crippen MR) is 69.7 cm³/mol. The molecule has 9 heteroatoms. The number of alkyl halides is 3. The summed E-state index contributed by atoms with van der Waals surface area (Å²) in [6.45, 7) is 0. The highest BCUT2D eigenvalue weighted by Crippen LogP contribution is 2.38. The zero-order chi connectivity index (χ0) is 17.2. The average Bonchev–Trinajstić information content (AvgIpc) is 2.46. The van der Waals surface area contributed by atoms with Crippen LogP contribution >= 0.6 is 0 Å². The number of benzene rings is 1. The fraction of sp³-hybridized carbons (Fsp3) is 0.286. The van der Waals surface area contributed by atoms with Crippen LogP contribution < -0.4 is 0 Å². The van der Waals surface area contributed by atoms with E-state index in [1.165, 1.54) is 24.3 Å². The summed E-state index contributed by atoms with van der Waals surface area (Å²) >= 11 is 0. The van der Waals surface area contributed by atoms with Gasteiger partial charge in [-0.3, -0.25) is 14.9 Å². The summed E-state index contributed by atoms with van der Waals surface area (Å²) in [7, 11) is 0. The van der Waals surface area contributed by atoms with Crippen molar-refractivity contribution in [2.24, 2.45) is 5.92 Å². The summed E-state index contributed by atoms with van der Waals surface area (Å²) in [4.78, 5) is 33.3. The second-order valence-electron chi connectivity index (χ2n) is 4.78. The van der Waals surface area contributed by atoms with Gasteiger partial charge in [0.05, 0.1) is 10.5 Å². The second-order valence-corrected chi connectivity index (χ2v) is 4.78. The number of halogens is 3. The van der Waals surface area contributed by atoms with Gasteiger partial charge in [0, 0.05) is 6.42 Å². The molecule has 6 nitrogen and oxygen atoms in total. The van der Waals surface area contributed by atoms with E-state index in [1.54, 1.807) is 6.07 Å². The molecule has 1 unspecified atom stereocenters. The molecule has 2 rings (SSSR count). The molecule has 0 aromatic heterocycles. The van der Waals surface area contributed by atoms with Crippen LogP contribution in [0, 0.1) is 16.0 Å². The van der Waals surface area contributed by atoms with E-state index in [-0.39, 0.29) is 5.56 Å². The number of carbonyl (C=O) groups is 2. The molecule has 0 N–H and O–H groups in total. The molecule has 1 aromatic rings. The van der Waals surface area contributed by atoms with E-state index in [4.69, 9.17) is 4.74 Å². The number of hydrogen-bond acceptors (Lipinski definition) is 5. The molecule has 122 valence electrons. The SMILES string of the molecule is O=C(OC1=C([N+](=O)[O-])C(=O)C(C(F)(F)F)CC1)c1ccccc1. The Kier molecular flexibility index (Phi) is 4.48. The Morgan fingerprint density at radius 2 is 1.87 bits per heavy atom. The molecule has 0 saturated heterocycles. The number of Topliss-reactive ketones (excluding diaryl/α,β-unsaturated/α-hetero) is 1. The number of allylic oxidation sites excluding steroid dienone is 2. The summed E-state index contributed by atoms with van der Waals surface area (Å²) in [5.41, 5.74) is -1.25. The number of nitro groups is 1. The van der Waals surface area contributed by atoms with Crippen molar-refractivity contribution in [3.8, 4) is 0 Å². The largest absolute Gasteiger partial charge is 0.420 e. The minimum atomic E-state index is -4.88. The van der Waals surface area contributed by atoms with Gasteiger partial charge < -0.3 is 4.74 Å². The normalized spacial score (nSPS) is 18.7. The van der Waals surface area contributed by atoms with Gasteiger partial charge in [0.25, 0.3) is 0 Å². The summed E-state index contributed by atoms with van der Waals surface area (Å²) in [6.07, 6.45) is -6.10. The van der Waals surface area contributed by atoms with Gasteiger partial charge in [0.1, 0.15) is 5.92 Å². The molecule has 0 spiro atoms. The number of ether oxygens (including phenoxy) is 1. The molecule has 1 atom stereocenters. The molecule has 0 bridgehead atoms. The number of hydrogen-bond donors (Lipinski definition) is 0. The van der Waals surface area contributed by atoms with Gasteiger partial charge in [-0.2, -0.15) is 13.2 Å². The van der Waals surface area contributed by atoms with Crippen LogP contribution in [0.15, 0.2) is 41.8 Å². The first-order valence-electron chi connectivity index (χ1n) is 6.47. The van der Waals surface area contributed by atoms with Crippen molar-refractivity contribution in [1.29, 1.82) is 0 Å². The maximum Gasteiger partial charge on any atom is 0.399 e. The van der Waals surface area contributed by atoms with Crippen LogP contribution in [-0.4, -0.2) is 22.9 Å². The Morgan fingerprint density at radius 3 is 2.39 bits per heavy atom. The van der Waals surface area contributed by atoms with Crippen molar-refractivity contribution in [1.82, 2.24) is 0 Å². The Labute approximate surface area is 127 Å². The number of esters is 1. The third-order valence-electron chi connectivity index (χ3n) is 3.28. The van der Waals surface area contributed by atoms with Crippen molar-refractivity contribution in [2.75, 3.05) is 0 Å². The van der Waals surface area contributed by atoms with Gasteiger partial charge in [-0.1, -0.05) is 18.2 Å². The van der Waals surface area contributed by atoms with Crippen LogP contribution in [0.25, 0.3) is 0 Å². The van der Waals surface area contributed by atoms with Crippen LogP contribution in [0.5, 0.6) is 0 Å².